The van der Waals surface area contributed by atoms with Crippen LogP contribution in [0.25, 0.3) is 0 Å². The van der Waals surface area contributed by atoms with Crippen LogP contribution in [0.3, 0.4) is 0 Å². The van der Waals surface area contributed by atoms with Gasteiger partial charge in [-0.1, -0.05) is 17.7 Å². The summed E-state index contributed by atoms with van der Waals surface area (Å²) in [4.78, 5) is 24.4. The lowest BCUT2D eigenvalue weighted by Gasteiger charge is -2.08. The number of nitrogens with one attached hydrogen (secondary N) is 2. The number of thiophene rings is 1. The first-order valence-electron chi connectivity index (χ1n) is 5.70. The molecule has 6 nitrogen and oxygen atoms in total. The SMILES string of the molecule is CNc1nc(NC(C)=O)nc(Cl)c1N=Cc1cccs1. The van der Waals surface area contributed by atoms with E-state index in [1.54, 1.807) is 24.6 Å². The number of aliphatic imine (C=N–C) groups is 1. The molecule has 2 aromatic heterocycles. The molecular weight excluding hydrogens is 298 g/mol. The van der Waals surface area contributed by atoms with Gasteiger partial charge in [0.2, 0.25) is 11.9 Å². The standard InChI is InChI=1S/C12H12ClN5OS/c1-7(19)16-12-17-10(13)9(11(14-2)18-12)15-6-8-4-3-5-20-8/h3-6H,1-2H3,(H2,14,16,17,18,19). The third kappa shape index (κ3) is 3.52. The molecule has 0 saturated heterocycles. The number of rotatable bonds is 4. The minimum Gasteiger partial charge on any atom is -0.371 e. The number of carbonyl (C=O) groups excluding carboxylic acids is 1. The van der Waals surface area contributed by atoms with Crippen molar-refractivity contribution in [1.29, 1.82) is 0 Å². The second kappa shape index (κ2) is 6.44. The zero-order valence-electron chi connectivity index (χ0n) is 10.8. The molecule has 0 aliphatic rings. The lowest BCUT2D eigenvalue weighted by atomic mass is 10.4. The summed E-state index contributed by atoms with van der Waals surface area (Å²) in [6.07, 6.45) is 1.69. The predicted molar refractivity (Wildman–Crippen MR) is 82.5 cm³/mol. The Labute approximate surface area is 124 Å². The normalized spacial score (nSPS) is 10.8. The molecule has 0 bridgehead atoms. The summed E-state index contributed by atoms with van der Waals surface area (Å²) in [6.45, 7) is 1.37. The van der Waals surface area contributed by atoms with Gasteiger partial charge in [-0.15, -0.1) is 11.3 Å². The predicted octanol–water partition coefficient (Wildman–Crippen LogP) is 2.94. The molecular formula is C12H12ClN5OS. The van der Waals surface area contributed by atoms with E-state index in [0.29, 0.717) is 11.5 Å². The molecule has 0 aliphatic carbocycles. The number of carbonyl (C=O) groups is 1. The molecule has 1 amide bonds. The van der Waals surface area contributed by atoms with Crippen LogP contribution >= 0.6 is 22.9 Å². The summed E-state index contributed by atoms with van der Waals surface area (Å²) in [6, 6.07) is 3.87. The van der Waals surface area contributed by atoms with E-state index in [9.17, 15) is 4.79 Å². The second-order valence-electron chi connectivity index (χ2n) is 3.74. The maximum Gasteiger partial charge on any atom is 0.232 e. The first-order valence-corrected chi connectivity index (χ1v) is 6.96. The highest BCUT2D eigenvalue weighted by Crippen LogP contribution is 2.31. The van der Waals surface area contributed by atoms with E-state index in [2.05, 4.69) is 25.6 Å². The highest BCUT2D eigenvalue weighted by atomic mass is 35.5. The van der Waals surface area contributed by atoms with Crippen molar-refractivity contribution in [1.82, 2.24) is 9.97 Å². The molecule has 104 valence electrons. The van der Waals surface area contributed by atoms with Crippen LogP contribution < -0.4 is 10.6 Å². The van der Waals surface area contributed by atoms with Gasteiger partial charge >= 0.3 is 0 Å². The zero-order chi connectivity index (χ0) is 14.5. The zero-order valence-corrected chi connectivity index (χ0v) is 12.4. The molecule has 8 heteroatoms. The molecule has 0 unspecified atom stereocenters. The Morgan fingerprint density at radius 1 is 1.50 bits per heavy atom. The van der Waals surface area contributed by atoms with Gasteiger partial charge in [-0.2, -0.15) is 9.97 Å². The van der Waals surface area contributed by atoms with Gasteiger partial charge in [-0.25, -0.2) is 4.99 Å². The fraction of sp³-hybridized carbons (Fsp3) is 0.167. The summed E-state index contributed by atoms with van der Waals surface area (Å²) in [5.74, 6) is 0.321. The van der Waals surface area contributed by atoms with Crippen LogP contribution in [-0.2, 0) is 4.79 Å². The molecule has 2 aromatic rings. The second-order valence-corrected chi connectivity index (χ2v) is 5.08. The number of amides is 1. The Kier molecular flexibility index (Phi) is 4.65. The van der Waals surface area contributed by atoms with Crippen LogP contribution in [0.5, 0.6) is 0 Å². The van der Waals surface area contributed by atoms with Crippen LogP contribution in [0.4, 0.5) is 17.5 Å². The smallest absolute Gasteiger partial charge is 0.232 e. The molecule has 2 rings (SSSR count). The van der Waals surface area contributed by atoms with E-state index in [1.165, 1.54) is 6.92 Å². The van der Waals surface area contributed by atoms with Crippen molar-refractivity contribution in [3.8, 4) is 0 Å². The average Bonchev–Trinajstić information content (AvgIpc) is 2.89. The van der Waals surface area contributed by atoms with E-state index in [0.717, 1.165) is 4.88 Å². The molecule has 0 aromatic carbocycles. The number of hydrogen-bond donors (Lipinski definition) is 2. The van der Waals surface area contributed by atoms with Crippen LogP contribution in [-0.4, -0.2) is 29.1 Å². The summed E-state index contributed by atoms with van der Waals surface area (Å²) in [7, 11) is 1.69. The number of anilines is 2. The fourth-order valence-corrected chi connectivity index (χ4v) is 2.23. The lowest BCUT2D eigenvalue weighted by molar-refractivity contribution is -0.114. The van der Waals surface area contributed by atoms with Crippen molar-refractivity contribution in [2.45, 2.75) is 6.92 Å². The fourth-order valence-electron chi connectivity index (χ4n) is 1.42. The maximum atomic E-state index is 11.0. The Morgan fingerprint density at radius 3 is 2.90 bits per heavy atom. The van der Waals surface area contributed by atoms with Gasteiger partial charge in [0.1, 0.15) is 5.69 Å². The lowest BCUT2D eigenvalue weighted by Crippen LogP contribution is -2.10. The summed E-state index contributed by atoms with van der Waals surface area (Å²) < 4.78 is 0. The first kappa shape index (κ1) is 14.4. The monoisotopic (exact) mass is 309 g/mol. The van der Waals surface area contributed by atoms with Gasteiger partial charge in [0.15, 0.2) is 11.0 Å². The van der Waals surface area contributed by atoms with Gasteiger partial charge in [-0.3, -0.25) is 10.1 Å². The Morgan fingerprint density at radius 2 is 2.30 bits per heavy atom. The molecule has 2 N–H and O–H groups in total. The van der Waals surface area contributed by atoms with Crippen molar-refractivity contribution in [3.05, 3.63) is 27.5 Å². The molecule has 0 spiro atoms. The maximum absolute atomic E-state index is 11.0. The molecule has 0 atom stereocenters. The topological polar surface area (TPSA) is 79.3 Å². The van der Waals surface area contributed by atoms with Gasteiger partial charge in [-0.05, 0) is 11.4 Å². The molecule has 0 saturated carbocycles. The average molecular weight is 310 g/mol. The van der Waals surface area contributed by atoms with Crippen molar-refractivity contribution in [3.63, 3.8) is 0 Å². The minimum atomic E-state index is -0.266. The van der Waals surface area contributed by atoms with Gasteiger partial charge in [0.05, 0.1) is 0 Å². The highest BCUT2D eigenvalue weighted by Gasteiger charge is 2.12. The van der Waals surface area contributed by atoms with Crippen LogP contribution in [0.1, 0.15) is 11.8 Å². The van der Waals surface area contributed by atoms with Crippen molar-refractivity contribution in [2.75, 3.05) is 17.7 Å². The van der Waals surface area contributed by atoms with Crippen LogP contribution in [0, 0.1) is 0 Å². The van der Waals surface area contributed by atoms with E-state index < -0.39 is 0 Å². The van der Waals surface area contributed by atoms with Crippen molar-refractivity contribution < 1.29 is 4.79 Å². The minimum absolute atomic E-state index is 0.141. The van der Waals surface area contributed by atoms with Crippen LogP contribution in [0.15, 0.2) is 22.5 Å². The molecule has 0 radical (unpaired) electrons. The highest BCUT2D eigenvalue weighted by molar-refractivity contribution is 7.11. The van der Waals surface area contributed by atoms with Crippen molar-refractivity contribution in [2.24, 2.45) is 4.99 Å². The first-order chi connectivity index (χ1) is 9.60. The summed E-state index contributed by atoms with van der Waals surface area (Å²) >= 11 is 7.65. The number of aromatic nitrogens is 2. The third-order valence-corrected chi connectivity index (χ3v) is 3.30. The van der Waals surface area contributed by atoms with E-state index in [1.807, 2.05) is 17.5 Å². The number of halogens is 1. The number of nitrogens with zero attached hydrogens (tertiary/aromatic N) is 3. The van der Waals surface area contributed by atoms with E-state index in [-0.39, 0.29) is 17.0 Å². The molecule has 0 aliphatic heterocycles. The molecule has 0 fully saturated rings. The Balaban J connectivity index is 2.35. The van der Waals surface area contributed by atoms with Crippen molar-refractivity contribution >= 4 is 52.5 Å². The van der Waals surface area contributed by atoms with Gasteiger partial charge in [0, 0.05) is 25.1 Å². The summed E-state index contributed by atoms with van der Waals surface area (Å²) in [5, 5.41) is 7.49. The van der Waals surface area contributed by atoms with Crippen LogP contribution in [0.2, 0.25) is 5.15 Å². The Hall–Kier alpha value is -1.99. The largest absolute Gasteiger partial charge is 0.371 e. The van der Waals surface area contributed by atoms with E-state index in [4.69, 9.17) is 11.6 Å². The molecule has 2 heterocycles. The molecule has 20 heavy (non-hydrogen) atoms. The van der Waals surface area contributed by atoms with Gasteiger partial charge < -0.3 is 5.32 Å². The van der Waals surface area contributed by atoms with E-state index >= 15 is 0 Å². The Bertz CT molecular complexity index is 642. The summed E-state index contributed by atoms with van der Waals surface area (Å²) in [5.41, 5.74) is 0.427. The third-order valence-electron chi connectivity index (χ3n) is 2.23. The van der Waals surface area contributed by atoms with Gasteiger partial charge in [0.25, 0.3) is 0 Å². The quantitative estimate of drug-likeness (QED) is 0.672. The number of hydrogen-bond acceptors (Lipinski definition) is 6.